The number of benzene rings is 1. The first kappa shape index (κ1) is 18.4. The lowest BCUT2D eigenvalue weighted by Gasteiger charge is -2.19. The number of halogens is 1. The van der Waals surface area contributed by atoms with E-state index >= 15 is 0 Å². The molecule has 0 aliphatic carbocycles. The smallest absolute Gasteiger partial charge is 0.326 e. The minimum atomic E-state index is -0.531. The Balaban J connectivity index is 2.04. The molecule has 0 atom stereocenters. The van der Waals surface area contributed by atoms with Crippen LogP contribution in [-0.2, 0) is 16.1 Å². The van der Waals surface area contributed by atoms with Gasteiger partial charge in [-0.3, -0.25) is 4.79 Å². The molecule has 0 fully saturated rings. The summed E-state index contributed by atoms with van der Waals surface area (Å²) in [6.45, 7) is 9.73. The highest BCUT2D eigenvalue weighted by atomic mass is 35.5. The van der Waals surface area contributed by atoms with Crippen LogP contribution in [0.15, 0.2) is 30.5 Å². The van der Waals surface area contributed by atoms with Gasteiger partial charge in [-0.25, -0.2) is 4.98 Å². The maximum atomic E-state index is 12.2. The summed E-state index contributed by atoms with van der Waals surface area (Å²) >= 11 is 6.16. The van der Waals surface area contributed by atoms with Gasteiger partial charge in [-0.1, -0.05) is 12.1 Å². The average molecular weight is 372 g/mol. The van der Waals surface area contributed by atoms with E-state index in [1.165, 1.54) is 11.1 Å². The molecule has 0 aliphatic rings. The molecule has 1 aromatic carbocycles. The fourth-order valence-corrected chi connectivity index (χ4v) is 2.95. The molecule has 0 unspecified atom stereocenters. The van der Waals surface area contributed by atoms with Crippen molar-refractivity contribution < 1.29 is 9.53 Å². The summed E-state index contributed by atoms with van der Waals surface area (Å²) in [6.07, 6.45) is 1.81. The molecule has 0 aliphatic heterocycles. The molecule has 3 aromatic rings. The van der Waals surface area contributed by atoms with Crippen LogP contribution in [0.2, 0.25) is 5.28 Å². The lowest BCUT2D eigenvalue weighted by Crippen LogP contribution is -2.26. The fourth-order valence-electron chi connectivity index (χ4n) is 2.79. The number of carbonyl (C=O) groups excluding carboxylic acids is 1. The minimum absolute atomic E-state index is 0.0699. The Kier molecular flexibility index (Phi) is 4.76. The van der Waals surface area contributed by atoms with E-state index in [-0.39, 0.29) is 17.8 Å². The number of hydrogen-bond acceptors (Lipinski definition) is 4. The van der Waals surface area contributed by atoms with Gasteiger partial charge in [0.1, 0.15) is 17.8 Å². The number of esters is 1. The summed E-state index contributed by atoms with van der Waals surface area (Å²) < 4.78 is 7.14. The molecule has 0 saturated carbocycles. The van der Waals surface area contributed by atoms with Gasteiger partial charge in [-0.2, -0.15) is 4.98 Å². The van der Waals surface area contributed by atoms with E-state index < -0.39 is 5.60 Å². The monoisotopic (exact) mass is 371 g/mol. The quantitative estimate of drug-likeness (QED) is 0.494. The molecule has 0 radical (unpaired) electrons. The van der Waals surface area contributed by atoms with Crippen molar-refractivity contribution in [1.29, 1.82) is 0 Å². The van der Waals surface area contributed by atoms with Crippen molar-refractivity contribution in [3.63, 3.8) is 0 Å². The topological polar surface area (TPSA) is 57.0 Å². The van der Waals surface area contributed by atoms with Crippen LogP contribution in [0.3, 0.4) is 0 Å². The fraction of sp³-hybridized carbons (Fsp3) is 0.350. The van der Waals surface area contributed by atoms with Gasteiger partial charge in [0.05, 0.1) is 5.69 Å². The maximum Gasteiger partial charge on any atom is 0.326 e. The summed E-state index contributed by atoms with van der Waals surface area (Å²) in [7, 11) is 0. The van der Waals surface area contributed by atoms with Gasteiger partial charge in [-0.15, -0.1) is 0 Å². The van der Waals surface area contributed by atoms with Crippen LogP contribution in [0.1, 0.15) is 31.9 Å². The highest BCUT2D eigenvalue weighted by Gasteiger charge is 2.19. The number of carbonyl (C=O) groups is 1. The van der Waals surface area contributed by atoms with E-state index in [1.807, 2.05) is 39.1 Å². The van der Waals surface area contributed by atoms with Crippen LogP contribution in [0.5, 0.6) is 0 Å². The van der Waals surface area contributed by atoms with Gasteiger partial charge >= 0.3 is 5.97 Å². The van der Waals surface area contributed by atoms with E-state index in [1.54, 1.807) is 4.57 Å². The number of hydrogen-bond donors (Lipinski definition) is 0. The molecule has 0 N–H and O–H groups in total. The minimum Gasteiger partial charge on any atom is -0.459 e. The third kappa shape index (κ3) is 3.88. The van der Waals surface area contributed by atoms with Crippen molar-refractivity contribution in [3.05, 3.63) is 46.9 Å². The van der Waals surface area contributed by atoms with Crippen LogP contribution < -0.4 is 0 Å². The van der Waals surface area contributed by atoms with Crippen LogP contribution in [0.25, 0.3) is 22.3 Å². The standard InChI is InChI=1S/C20H22ClN3O2/c1-12-6-7-14(10-13(12)2)17-15-8-9-24(18(15)23-19(21)22-17)11-16(25)26-20(3,4)5/h6-10H,11H2,1-5H3. The van der Waals surface area contributed by atoms with Gasteiger partial charge in [0.25, 0.3) is 0 Å². The Bertz CT molecular complexity index is 987. The molecular formula is C20H22ClN3O2. The highest BCUT2D eigenvalue weighted by Crippen LogP contribution is 2.29. The molecule has 136 valence electrons. The second-order valence-corrected chi connectivity index (χ2v) is 7.75. The van der Waals surface area contributed by atoms with Crippen LogP contribution in [0, 0.1) is 13.8 Å². The van der Waals surface area contributed by atoms with Crippen LogP contribution in [0.4, 0.5) is 0 Å². The van der Waals surface area contributed by atoms with E-state index in [2.05, 4.69) is 35.9 Å². The number of nitrogens with zero attached hydrogens (tertiary/aromatic N) is 3. The first-order valence-electron chi connectivity index (χ1n) is 8.46. The van der Waals surface area contributed by atoms with Crippen molar-refractivity contribution in [2.24, 2.45) is 0 Å². The largest absolute Gasteiger partial charge is 0.459 e. The Hall–Kier alpha value is -2.40. The zero-order valence-corrected chi connectivity index (χ0v) is 16.4. The molecule has 26 heavy (non-hydrogen) atoms. The highest BCUT2D eigenvalue weighted by molar-refractivity contribution is 6.28. The Morgan fingerprint density at radius 2 is 1.88 bits per heavy atom. The molecule has 2 aromatic heterocycles. The molecule has 0 saturated heterocycles. The van der Waals surface area contributed by atoms with Crippen LogP contribution >= 0.6 is 11.6 Å². The predicted molar refractivity (Wildman–Crippen MR) is 103 cm³/mol. The molecule has 3 rings (SSSR count). The first-order chi connectivity index (χ1) is 12.1. The maximum absolute atomic E-state index is 12.2. The summed E-state index contributed by atoms with van der Waals surface area (Å²) in [4.78, 5) is 20.9. The second kappa shape index (κ2) is 6.72. The zero-order valence-electron chi connectivity index (χ0n) is 15.6. The number of aryl methyl sites for hydroxylation is 2. The molecule has 0 spiro atoms. The van der Waals surface area contributed by atoms with Gasteiger partial charge in [0.15, 0.2) is 0 Å². The van der Waals surface area contributed by atoms with E-state index in [0.29, 0.717) is 5.65 Å². The van der Waals surface area contributed by atoms with Crippen molar-refractivity contribution in [3.8, 4) is 11.3 Å². The van der Waals surface area contributed by atoms with Crippen molar-refractivity contribution in [1.82, 2.24) is 14.5 Å². The third-order valence-corrected chi connectivity index (χ3v) is 4.26. The summed E-state index contributed by atoms with van der Waals surface area (Å²) in [5.74, 6) is -0.322. The Morgan fingerprint density at radius 1 is 1.15 bits per heavy atom. The SMILES string of the molecule is Cc1ccc(-c2nc(Cl)nc3c2ccn3CC(=O)OC(C)(C)C)cc1C. The average Bonchev–Trinajstić information content (AvgIpc) is 2.90. The number of fused-ring (bicyclic) bond motifs is 1. The molecule has 6 heteroatoms. The van der Waals surface area contributed by atoms with Crippen LogP contribution in [-0.4, -0.2) is 26.1 Å². The van der Waals surface area contributed by atoms with Crippen molar-refractivity contribution in [2.75, 3.05) is 0 Å². The Morgan fingerprint density at radius 3 is 2.54 bits per heavy atom. The van der Waals surface area contributed by atoms with E-state index in [0.717, 1.165) is 16.6 Å². The van der Waals surface area contributed by atoms with Crippen molar-refractivity contribution in [2.45, 2.75) is 46.8 Å². The van der Waals surface area contributed by atoms with E-state index in [4.69, 9.17) is 16.3 Å². The predicted octanol–water partition coefficient (Wildman–Crippen LogP) is 4.71. The van der Waals surface area contributed by atoms with Gasteiger partial charge < -0.3 is 9.30 Å². The summed E-state index contributed by atoms with van der Waals surface area (Å²) in [6, 6.07) is 8.06. The molecular weight excluding hydrogens is 350 g/mol. The molecule has 0 bridgehead atoms. The molecule has 5 nitrogen and oxygen atoms in total. The number of ether oxygens (including phenoxy) is 1. The first-order valence-corrected chi connectivity index (χ1v) is 8.84. The second-order valence-electron chi connectivity index (χ2n) is 7.41. The van der Waals surface area contributed by atoms with Crippen molar-refractivity contribution >= 4 is 28.6 Å². The zero-order chi connectivity index (χ0) is 19.1. The number of rotatable bonds is 3. The normalized spacial score (nSPS) is 11.8. The molecule has 2 heterocycles. The third-order valence-electron chi connectivity index (χ3n) is 4.09. The lowest BCUT2D eigenvalue weighted by atomic mass is 10.0. The van der Waals surface area contributed by atoms with Gasteiger partial charge in [0.2, 0.25) is 5.28 Å². The summed E-state index contributed by atoms with van der Waals surface area (Å²) in [5.41, 5.74) is 4.20. The molecule has 0 amide bonds. The Labute approximate surface area is 158 Å². The lowest BCUT2D eigenvalue weighted by molar-refractivity contribution is -0.155. The number of aromatic nitrogens is 3. The van der Waals surface area contributed by atoms with E-state index in [9.17, 15) is 4.79 Å². The van der Waals surface area contributed by atoms with Gasteiger partial charge in [0, 0.05) is 17.1 Å². The van der Waals surface area contributed by atoms with Gasteiger partial charge in [-0.05, 0) is 69.5 Å². The summed E-state index contributed by atoms with van der Waals surface area (Å²) in [5, 5.41) is 0.996.